The standard InChI is InChI=1S/C15H24N2O/c1-10-6-7-12(9-11(10)2)14(16)13-5-4-8-17-15(13)18-3/h4-5,8,10-12,14H,6-7,9,16H2,1-3H3. The maximum atomic E-state index is 6.43. The molecule has 3 nitrogen and oxygen atoms in total. The molecule has 0 saturated heterocycles. The van der Waals surface area contributed by atoms with Gasteiger partial charge < -0.3 is 10.5 Å². The molecular formula is C15H24N2O. The summed E-state index contributed by atoms with van der Waals surface area (Å²) in [6, 6.07) is 4.02. The molecule has 1 aliphatic rings. The van der Waals surface area contributed by atoms with Crippen LogP contribution in [0.5, 0.6) is 5.88 Å². The average molecular weight is 248 g/mol. The number of pyridine rings is 1. The van der Waals surface area contributed by atoms with Crippen molar-refractivity contribution in [3.8, 4) is 5.88 Å². The first-order valence-corrected chi connectivity index (χ1v) is 6.88. The first-order valence-electron chi connectivity index (χ1n) is 6.88. The van der Waals surface area contributed by atoms with Gasteiger partial charge in [-0.05, 0) is 36.7 Å². The summed E-state index contributed by atoms with van der Waals surface area (Å²) in [6.07, 6.45) is 5.45. The Morgan fingerprint density at radius 2 is 2.11 bits per heavy atom. The van der Waals surface area contributed by atoms with Crippen molar-refractivity contribution in [1.29, 1.82) is 0 Å². The predicted octanol–water partition coefficient (Wildman–Crippen LogP) is 3.16. The first-order chi connectivity index (χ1) is 8.63. The maximum Gasteiger partial charge on any atom is 0.217 e. The lowest BCUT2D eigenvalue weighted by atomic mass is 9.72. The van der Waals surface area contributed by atoms with Crippen molar-refractivity contribution in [2.45, 2.75) is 39.2 Å². The van der Waals surface area contributed by atoms with Gasteiger partial charge in [0, 0.05) is 17.8 Å². The number of nitrogens with zero attached hydrogens (tertiary/aromatic N) is 1. The second-order valence-corrected chi connectivity index (χ2v) is 5.66. The lowest BCUT2D eigenvalue weighted by molar-refractivity contribution is 0.184. The van der Waals surface area contributed by atoms with Gasteiger partial charge in [-0.2, -0.15) is 0 Å². The van der Waals surface area contributed by atoms with Gasteiger partial charge in [-0.25, -0.2) is 4.98 Å². The largest absolute Gasteiger partial charge is 0.481 e. The molecule has 4 atom stereocenters. The summed E-state index contributed by atoms with van der Waals surface area (Å²) in [5, 5.41) is 0. The molecule has 0 radical (unpaired) electrons. The van der Waals surface area contributed by atoms with Gasteiger partial charge in [0.25, 0.3) is 0 Å². The summed E-state index contributed by atoms with van der Waals surface area (Å²) in [5.41, 5.74) is 7.48. The molecule has 4 unspecified atom stereocenters. The fourth-order valence-electron chi connectivity index (χ4n) is 3.00. The zero-order valence-electron chi connectivity index (χ0n) is 11.6. The number of hydrogen-bond donors (Lipinski definition) is 1. The highest BCUT2D eigenvalue weighted by Crippen LogP contribution is 2.40. The maximum absolute atomic E-state index is 6.43. The Hall–Kier alpha value is -1.09. The van der Waals surface area contributed by atoms with E-state index in [1.165, 1.54) is 19.3 Å². The number of ether oxygens (including phenoxy) is 1. The van der Waals surface area contributed by atoms with E-state index in [-0.39, 0.29) is 6.04 Å². The van der Waals surface area contributed by atoms with E-state index in [1.807, 2.05) is 12.1 Å². The topological polar surface area (TPSA) is 48.1 Å². The van der Waals surface area contributed by atoms with E-state index in [1.54, 1.807) is 13.3 Å². The molecule has 1 saturated carbocycles. The number of hydrogen-bond acceptors (Lipinski definition) is 3. The van der Waals surface area contributed by atoms with E-state index in [0.29, 0.717) is 11.8 Å². The van der Waals surface area contributed by atoms with Gasteiger partial charge in [0.05, 0.1) is 7.11 Å². The average Bonchev–Trinajstić information content (AvgIpc) is 2.41. The van der Waals surface area contributed by atoms with Crippen molar-refractivity contribution in [3.63, 3.8) is 0 Å². The smallest absolute Gasteiger partial charge is 0.217 e. The Kier molecular flexibility index (Phi) is 4.23. The minimum Gasteiger partial charge on any atom is -0.481 e. The molecule has 3 heteroatoms. The Morgan fingerprint density at radius 1 is 1.33 bits per heavy atom. The van der Waals surface area contributed by atoms with Crippen LogP contribution in [0.4, 0.5) is 0 Å². The third kappa shape index (κ3) is 2.66. The van der Waals surface area contributed by atoms with E-state index in [4.69, 9.17) is 10.5 Å². The number of aromatic nitrogens is 1. The minimum absolute atomic E-state index is 0.0450. The third-order valence-electron chi connectivity index (χ3n) is 4.50. The molecule has 18 heavy (non-hydrogen) atoms. The zero-order valence-corrected chi connectivity index (χ0v) is 11.6. The fourth-order valence-corrected chi connectivity index (χ4v) is 3.00. The van der Waals surface area contributed by atoms with Crippen LogP contribution in [-0.2, 0) is 0 Å². The molecule has 1 aromatic heterocycles. The summed E-state index contributed by atoms with van der Waals surface area (Å²) >= 11 is 0. The monoisotopic (exact) mass is 248 g/mol. The Bertz CT molecular complexity index is 394. The summed E-state index contributed by atoms with van der Waals surface area (Å²) in [6.45, 7) is 4.68. The first kappa shape index (κ1) is 13.3. The van der Waals surface area contributed by atoms with Crippen molar-refractivity contribution in [1.82, 2.24) is 4.98 Å². The molecular weight excluding hydrogens is 224 g/mol. The molecule has 0 aliphatic heterocycles. The van der Waals surface area contributed by atoms with Crippen LogP contribution < -0.4 is 10.5 Å². The molecule has 2 rings (SSSR count). The fraction of sp³-hybridized carbons (Fsp3) is 0.667. The molecule has 1 fully saturated rings. The molecule has 0 spiro atoms. The lowest BCUT2D eigenvalue weighted by Crippen LogP contribution is -2.29. The molecule has 0 aromatic carbocycles. The molecule has 0 bridgehead atoms. The van der Waals surface area contributed by atoms with Gasteiger partial charge >= 0.3 is 0 Å². The van der Waals surface area contributed by atoms with Crippen molar-refractivity contribution in [2.75, 3.05) is 7.11 Å². The summed E-state index contributed by atoms with van der Waals surface area (Å²) in [7, 11) is 1.66. The van der Waals surface area contributed by atoms with E-state index in [0.717, 1.165) is 17.4 Å². The van der Waals surface area contributed by atoms with E-state index < -0.39 is 0 Å². The SMILES string of the molecule is COc1ncccc1C(N)C1CCC(C)C(C)C1. The second-order valence-electron chi connectivity index (χ2n) is 5.66. The highest BCUT2D eigenvalue weighted by atomic mass is 16.5. The number of methoxy groups -OCH3 is 1. The van der Waals surface area contributed by atoms with Crippen LogP contribution in [0.2, 0.25) is 0 Å². The summed E-state index contributed by atoms with van der Waals surface area (Å²) in [5.74, 6) is 2.81. The quantitative estimate of drug-likeness (QED) is 0.893. The normalized spacial score (nSPS) is 29.9. The molecule has 1 aromatic rings. The van der Waals surface area contributed by atoms with Crippen molar-refractivity contribution < 1.29 is 4.74 Å². The molecule has 1 aliphatic carbocycles. The minimum atomic E-state index is 0.0450. The van der Waals surface area contributed by atoms with Gasteiger partial charge in [0.15, 0.2) is 0 Å². The van der Waals surface area contributed by atoms with Crippen LogP contribution in [0.1, 0.15) is 44.7 Å². The number of nitrogens with two attached hydrogens (primary N) is 1. The van der Waals surface area contributed by atoms with Gasteiger partial charge in [-0.3, -0.25) is 0 Å². The second kappa shape index (κ2) is 5.70. The van der Waals surface area contributed by atoms with Gasteiger partial charge in [0.1, 0.15) is 0 Å². The van der Waals surface area contributed by atoms with Crippen LogP contribution >= 0.6 is 0 Å². The van der Waals surface area contributed by atoms with E-state index in [2.05, 4.69) is 18.8 Å². The third-order valence-corrected chi connectivity index (χ3v) is 4.50. The Balaban J connectivity index is 2.13. The van der Waals surface area contributed by atoms with E-state index >= 15 is 0 Å². The van der Waals surface area contributed by atoms with Crippen LogP contribution in [0.25, 0.3) is 0 Å². The number of rotatable bonds is 3. The van der Waals surface area contributed by atoms with Crippen molar-refractivity contribution >= 4 is 0 Å². The van der Waals surface area contributed by atoms with Crippen LogP contribution in [0.15, 0.2) is 18.3 Å². The highest BCUT2D eigenvalue weighted by molar-refractivity contribution is 5.29. The molecule has 0 amide bonds. The molecule has 1 heterocycles. The van der Waals surface area contributed by atoms with Crippen LogP contribution in [0, 0.1) is 17.8 Å². The Labute approximate surface area is 110 Å². The molecule has 100 valence electrons. The van der Waals surface area contributed by atoms with Gasteiger partial charge in [0.2, 0.25) is 5.88 Å². The van der Waals surface area contributed by atoms with Crippen LogP contribution in [-0.4, -0.2) is 12.1 Å². The Morgan fingerprint density at radius 3 is 2.78 bits per heavy atom. The van der Waals surface area contributed by atoms with Crippen LogP contribution in [0.3, 0.4) is 0 Å². The highest BCUT2D eigenvalue weighted by Gasteiger charge is 2.30. The lowest BCUT2D eigenvalue weighted by Gasteiger charge is -2.35. The van der Waals surface area contributed by atoms with E-state index in [9.17, 15) is 0 Å². The van der Waals surface area contributed by atoms with Crippen molar-refractivity contribution in [2.24, 2.45) is 23.5 Å². The van der Waals surface area contributed by atoms with Crippen molar-refractivity contribution in [3.05, 3.63) is 23.9 Å². The molecule has 2 N–H and O–H groups in total. The van der Waals surface area contributed by atoms with Gasteiger partial charge in [-0.1, -0.05) is 26.3 Å². The zero-order chi connectivity index (χ0) is 13.1. The summed E-state index contributed by atoms with van der Waals surface area (Å²) < 4.78 is 5.31. The van der Waals surface area contributed by atoms with Gasteiger partial charge in [-0.15, -0.1) is 0 Å². The summed E-state index contributed by atoms with van der Waals surface area (Å²) in [4.78, 5) is 4.24. The predicted molar refractivity (Wildman–Crippen MR) is 73.4 cm³/mol.